The molecular formula is C11H16O. The van der Waals surface area contributed by atoms with E-state index in [2.05, 4.69) is 0 Å². The van der Waals surface area contributed by atoms with Crippen molar-refractivity contribution in [3.05, 3.63) is 24.3 Å². The van der Waals surface area contributed by atoms with E-state index >= 15 is 0 Å². The fraction of sp³-hybridized carbons (Fsp3) is 0.545. The second kappa shape index (κ2) is 4.91. The molecule has 0 radical (unpaired) electrons. The average Bonchev–Trinajstić information content (AvgIpc) is 2.17. The van der Waals surface area contributed by atoms with E-state index in [-0.39, 0.29) is 5.78 Å². The molecule has 1 aliphatic carbocycles. The molecule has 0 aliphatic heterocycles. The van der Waals surface area contributed by atoms with Gasteiger partial charge in [-0.2, -0.15) is 0 Å². The highest BCUT2D eigenvalue weighted by atomic mass is 16.1. The Morgan fingerprint density at radius 3 is 3.42 bits per heavy atom. The van der Waals surface area contributed by atoms with Gasteiger partial charge in [0.25, 0.3) is 0 Å². The Morgan fingerprint density at radius 2 is 2.67 bits per heavy atom. The first kappa shape index (κ1) is 6.64. The lowest BCUT2D eigenvalue weighted by atomic mass is 9.95. The van der Waals surface area contributed by atoms with Crippen molar-refractivity contribution in [2.75, 3.05) is 0 Å². The lowest BCUT2D eigenvalue weighted by molar-refractivity contribution is -0.115. The molecule has 0 aromatic rings. The first-order valence-corrected chi connectivity index (χ1v) is 4.48. The van der Waals surface area contributed by atoms with E-state index in [0.29, 0.717) is 18.9 Å². The van der Waals surface area contributed by atoms with E-state index in [9.17, 15) is 4.79 Å². The van der Waals surface area contributed by atoms with Gasteiger partial charge >= 0.3 is 0 Å². The van der Waals surface area contributed by atoms with Crippen molar-refractivity contribution in [3.8, 4) is 0 Å². The second-order valence-corrected chi connectivity index (χ2v) is 3.18. The van der Waals surface area contributed by atoms with E-state index in [1.54, 1.807) is 6.08 Å². The molecular weight excluding hydrogens is 148 g/mol. The summed E-state index contributed by atoms with van der Waals surface area (Å²) in [5, 5.41) is 0. The predicted octanol–water partition coefficient (Wildman–Crippen LogP) is 3.02. The van der Waals surface area contributed by atoms with Crippen LogP contribution in [-0.4, -0.2) is 5.78 Å². The molecule has 1 nitrogen and oxygen atoms in total. The SMILES string of the molecule is [2H]C=C([2H])CCCC1=CC(=O)CCC1. The molecule has 0 saturated heterocycles. The van der Waals surface area contributed by atoms with Crippen molar-refractivity contribution in [1.29, 1.82) is 0 Å². The van der Waals surface area contributed by atoms with Gasteiger partial charge in [0.05, 0.1) is 2.74 Å². The van der Waals surface area contributed by atoms with Gasteiger partial charge in [0.2, 0.25) is 0 Å². The molecule has 0 heterocycles. The first-order chi connectivity index (χ1) is 6.72. The molecule has 0 amide bonds. The zero-order valence-electron chi connectivity index (χ0n) is 9.31. The molecule has 1 heteroatoms. The van der Waals surface area contributed by atoms with Crippen LogP contribution in [0.1, 0.15) is 41.3 Å². The van der Waals surface area contributed by atoms with Gasteiger partial charge in [0.1, 0.15) is 0 Å². The van der Waals surface area contributed by atoms with Gasteiger partial charge in [-0.3, -0.25) is 4.79 Å². The van der Waals surface area contributed by atoms with Crippen LogP contribution in [0.15, 0.2) is 24.3 Å². The maximum atomic E-state index is 11.1. The number of hydrogen-bond donors (Lipinski definition) is 0. The van der Waals surface area contributed by atoms with Crippen molar-refractivity contribution in [2.24, 2.45) is 0 Å². The van der Waals surface area contributed by atoms with E-state index in [0.717, 1.165) is 32.2 Å². The van der Waals surface area contributed by atoms with E-state index in [1.807, 2.05) is 0 Å². The number of carbonyl (C=O) groups is 1. The normalized spacial score (nSPS) is 21.5. The van der Waals surface area contributed by atoms with Crippen LogP contribution < -0.4 is 0 Å². The van der Waals surface area contributed by atoms with Gasteiger partial charge in [0, 0.05) is 6.42 Å². The van der Waals surface area contributed by atoms with Crippen LogP contribution in [-0.2, 0) is 4.79 Å². The summed E-state index contributed by atoms with van der Waals surface area (Å²) in [4.78, 5) is 11.1. The molecule has 0 aromatic heterocycles. The van der Waals surface area contributed by atoms with Gasteiger partial charge in [-0.05, 0) is 38.2 Å². The summed E-state index contributed by atoms with van der Waals surface area (Å²) >= 11 is 0. The van der Waals surface area contributed by atoms with Gasteiger partial charge in [-0.1, -0.05) is 11.6 Å². The zero-order chi connectivity index (χ0) is 10.4. The Labute approximate surface area is 77.0 Å². The summed E-state index contributed by atoms with van der Waals surface area (Å²) in [5.41, 5.74) is 1.22. The van der Waals surface area contributed by atoms with Crippen molar-refractivity contribution in [1.82, 2.24) is 0 Å². The topological polar surface area (TPSA) is 17.1 Å². The number of rotatable bonds is 4. The molecule has 0 atom stereocenters. The lowest BCUT2D eigenvalue weighted by Crippen LogP contribution is -2.02. The first-order valence-electron chi connectivity index (χ1n) is 5.56. The maximum Gasteiger partial charge on any atom is 0.155 e. The minimum atomic E-state index is 0.244. The quantitative estimate of drug-likeness (QED) is 0.587. The standard InChI is InChI=1S/C11H16O/c1-2-3-4-6-10-7-5-8-11(12)9-10/h2,9H,1,3-8H2/i1D,2D. The van der Waals surface area contributed by atoms with Crippen molar-refractivity contribution in [2.45, 2.75) is 38.5 Å². The highest BCUT2D eigenvalue weighted by Gasteiger charge is 2.08. The van der Waals surface area contributed by atoms with Gasteiger partial charge in [-0.25, -0.2) is 0 Å². The molecule has 0 fully saturated rings. The summed E-state index contributed by atoms with van der Waals surface area (Å²) in [5.74, 6) is 0.244. The van der Waals surface area contributed by atoms with Gasteiger partial charge < -0.3 is 0 Å². The molecule has 0 saturated carbocycles. The molecule has 0 aromatic carbocycles. The fourth-order valence-electron chi connectivity index (χ4n) is 1.48. The van der Waals surface area contributed by atoms with Crippen LogP contribution in [0.2, 0.25) is 0 Å². The summed E-state index contributed by atoms with van der Waals surface area (Å²) < 4.78 is 14.1. The number of carbonyl (C=O) groups excluding carboxylic acids is 1. The summed E-state index contributed by atoms with van der Waals surface area (Å²) in [6, 6.07) is 0.368. The monoisotopic (exact) mass is 166 g/mol. The minimum absolute atomic E-state index is 0.244. The third kappa shape index (κ3) is 3.04. The predicted molar refractivity (Wildman–Crippen MR) is 51.0 cm³/mol. The number of hydrogen-bond acceptors (Lipinski definition) is 1. The molecule has 66 valence electrons. The Kier molecular flexibility index (Phi) is 2.72. The molecule has 0 spiro atoms. The molecule has 0 N–H and O–H groups in total. The van der Waals surface area contributed by atoms with Crippen LogP contribution in [0.4, 0.5) is 0 Å². The highest BCUT2D eigenvalue weighted by Crippen LogP contribution is 2.19. The lowest BCUT2D eigenvalue weighted by Gasteiger charge is -2.10. The molecule has 0 bridgehead atoms. The smallest absolute Gasteiger partial charge is 0.155 e. The van der Waals surface area contributed by atoms with E-state index in [4.69, 9.17) is 2.74 Å². The molecule has 1 rings (SSSR count). The number of ketones is 1. The van der Waals surface area contributed by atoms with Crippen LogP contribution >= 0.6 is 0 Å². The van der Waals surface area contributed by atoms with Crippen molar-refractivity contribution in [3.63, 3.8) is 0 Å². The Morgan fingerprint density at radius 1 is 1.75 bits per heavy atom. The zero-order valence-corrected chi connectivity index (χ0v) is 7.31. The molecule has 1 aliphatic rings. The van der Waals surface area contributed by atoms with Crippen LogP contribution in [0.3, 0.4) is 0 Å². The van der Waals surface area contributed by atoms with Crippen LogP contribution in [0.5, 0.6) is 0 Å². The summed E-state index contributed by atoms with van der Waals surface area (Å²) in [6.07, 6.45) is 6.90. The van der Waals surface area contributed by atoms with Crippen molar-refractivity contribution < 1.29 is 7.54 Å². The summed E-state index contributed by atoms with van der Waals surface area (Å²) in [7, 11) is 0. The number of allylic oxidation sites excluding steroid dienone is 3. The Bertz CT molecular complexity index is 266. The molecule has 0 unspecified atom stereocenters. The van der Waals surface area contributed by atoms with E-state index < -0.39 is 0 Å². The summed E-state index contributed by atoms with van der Waals surface area (Å²) in [6.45, 7) is 1.08. The average molecular weight is 166 g/mol. The van der Waals surface area contributed by atoms with Crippen molar-refractivity contribution >= 4 is 5.78 Å². The largest absolute Gasteiger partial charge is 0.295 e. The van der Waals surface area contributed by atoms with E-state index in [1.165, 1.54) is 5.57 Å². The third-order valence-corrected chi connectivity index (χ3v) is 2.11. The maximum absolute atomic E-state index is 11.1. The van der Waals surface area contributed by atoms with Crippen LogP contribution in [0, 0.1) is 0 Å². The molecule has 12 heavy (non-hydrogen) atoms. The van der Waals surface area contributed by atoms with Crippen LogP contribution in [0.25, 0.3) is 0 Å². The second-order valence-electron chi connectivity index (χ2n) is 3.18. The fourth-order valence-corrected chi connectivity index (χ4v) is 1.48. The Hall–Kier alpha value is -0.850. The van der Waals surface area contributed by atoms with Gasteiger partial charge in [0.15, 0.2) is 5.78 Å². The minimum Gasteiger partial charge on any atom is -0.295 e. The highest BCUT2D eigenvalue weighted by molar-refractivity contribution is 5.91. The third-order valence-electron chi connectivity index (χ3n) is 2.11. The van der Waals surface area contributed by atoms with Gasteiger partial charge in [-0.15, -0.1) is 6.55 Å². The Balaban J connectivity index is 2.27.